The number of pyridine rings is 1. The van der Waals surface area contributed by atoms with E-state index in [1.54, 1.807) is 0 Å². The molecule has 0 saturated heterocycles. The number of imidazole rings is 1. The average molecular weight is 618 g/mol. The molecule has 0 bridgehead atoms. The lowest BCUT2D eigenvalue weighted by atomic mass is 9.91. The first kappa shape index (κ1) is 30.3. The fourth-order valence-electron chi connectivity index (χ4n) is 5.15. The normalized spacial score (nSPS) is 11.8. The summed E-state index contributed by atoms with van der Waals surface area (Å²) in [6.07, 6.45) is -5.01. The standard InChI is InChI=1S/C29H20F6N4O5/c1-38-20-9-17(29(33,34)35)23(16(10-36-28(42)43)25(20)37-22(38)12-44-2)15-4-3-5-39-21(8-14(11-40)26(15)39)27(41)13-6-18(30)24(32)19(31)7-13/h3-9,11,36H,10,12H2,1-2H3,(H,42,43). The summed E-state index contributed by atoms with van der Waals surface area (Å²) in [7, 11) is 2.83. The van der Waals surface area contributed by atoms with Gasteiger partial charge in [-0.3, -0.25) is 9.59 Å². The van der Waals surface area contributed by atoms with Gasteiger partial charge in [0.1, 0.15) is 12.4 Å². The average Bonchev–Trinajstić information content (AvgIpc) is 3.50. The minimum absolute atomic E-state index is 0.0180. The highest BCUT2D eigenvalue weighted by molar-refractivity contribution is 6.11. The Morgan fingerprint density at radius 1 is 1.11 bits per heavy atom. The molecule has 0 fully saturated rings. The topological polar surface area (TPSA) is 115 Å². The van der Waals surface area contributed by atoms with Gasteiger partial charge in [-0.05, 0) is 30.3 Å². The number of halogens is 6. The summed E-state index contributed by atoms with van der Waals surface area (Å²) in [4.78, 5) is 41.4. The van der Waals surface area contributed by atoms with E-state index >= 15 is 0 Å². The Bertz CT molecular complexity index is 1970. The van der Waals surface area contributed by atoms with E-state index in [-0.39, 0.29) is 57.7 Å². The van der Waals surface area contributed by atoms with Crippen LogP contribution < -0.4 is 5.32 Å². The van der Waals surface area contributed by atoms with Gasteiger partial charge >= 0.3 is 12.3 Å². The fourth-order valence-corrected chi connectivity index (χ4v) is 5.15. The van der Waals surface area contributed by atoms with E-state index in [1.807, 2.05) is 0 Å². The number of carboxylic acid groups (broad SMARTS) is 1. The molecular formula is C29H20F6N4O5. The highest BCUT2D eigenvalue weighted by atomic mass is 19.4. The van der Waals surface area contributed by atoms with Crippen LogP contribution in [0.25, 0.3) is 27.7 Å². The van der Waals surface area contributed by atoms with Crippen molar-refractivity contribution in [2.75, 3.05) is 7.11 Å². The van der Waals surface area contributed by atoms with Crippen LogP contribution in [0.2, 0.25) is 0 Å². The lowest BCUT2D eigenvalue weighted by Gasteiger charge is -2.20. The molecule has 0 aliphatic rings. The number of alkyl halides is 3. The predicted molar refractivity (Wildman–Crippen MR) is 143 cm³/mol. The molecule has 0 aliphatic heterocycles. The van der Waals surface area contributed by atoms with Crippen LogP contribution >= 0.6 is 0 Å². The number of aromatic nitrogens is 3. The highest BCUT2D eigenvalue weighted by Crippen LogP contribution is 2.44. The maximum atomic E-state index is 14.7. The number of aryl methyl sites for hydroxylation is 1. The fraction of sp³-hybridized carbons (Fsp3) is 0.172. The smallest absolute Gasteiger partial charge is 0.417 e. The molecule has 2 N–H and O–H groups in total. The number of ether oxygens (including phenoxy) is 1. The quantitative estimate of drug-likeness (QED) is 0.0971. The second-order valence-electron chi connectivity index (χ2n) is 9.65. The number of carbonyl (C=O) groups is 3. The Morgan fingerprint density at radius 3 is 2.39 bits per heavy atom. The van der Waals surface area contributed by atoms with Gasteiger partial charge in [-0.1, -0.05) is 6.07 Å². The molecule has 3 heterocycles. The number of benzene rings is 2. The Balaban J connectivity index is 1.87. The zero-order chi connectivity index (χ0) is 32.1. The van der Waals surface area contributed by atoms with E-state index in [0.717, 1.165) is 16.5 Å². The zero-order valence-corrected chi connectivity index (χ0v) is 22.7. The van der Waals surface area contributed by atoms with E-state index in [2.05, 4.69) is 10.3 Å². The Morgan fingerprint density at radius 2 is 1.80 bits per heavy atom. The third kappa shape index (κ3) is 5.04. The summed E-state index contributed by atoms with van der Waals surface area (Å²) >= 11 is 0. The van der Waals surface area contributed by atoms with Gasteiger partial charge in [0.25, 0.3) is 0 Å². The van der Waals surface area contributed by atoms with Crippen molar-refractivity contribution in [1.29, 1.82) is 0 Å². The molecule has 2 aromatic carbocycles. The van der Waals surface area contributed by atoms with Crippen LogP contribution in [0.1, 0.15) is 43.4 Å². The Labute approximate surface area is 243 Å². The second-order valence-corrected chi connectivity index (χ2v) is 9.65. The number of carbonyl (C=O) groups excluding carboxylic acids is 2. The van der Waals surface area contributed by atoms with Gasteiger partial charge in [0.2, 0.25) is 5.78 Å². The van der Waals surface area contributed by atoms with Crippen molar-refractivity contribution in [3.8, 4) is 11.1 Å². The predicted octanol–water partition coefficient (Wildman–Crippen LogP) is 5.89. The van der Waals surface area contributed by atoms with E-state index in [4.69, 9.17) is 4.74 Å². The van der Waals surface area contributed by atoms with Gasteiger partial charge in [0, 0.05) is 54.7 Å². The molecule has 15 heteroatoms. The van der Waals surface area contributed by atoms with Crippen molar-refractivity contribution in [2.45, 2.75) is 19.3 Å². The summed E-state index contributed by atoms with van der Waals surface area (Å²) < 4.78 is 93.2. The summed E-state index contributed by atoms with van der Waals surface area (Å²) in [5, 5.41) is 11.4. The molecule has 0 aliphatic carbocycles. The molecule has 3 aromatic heterocycles. The lowest BCUT2D eigenvalue weighted by molar-refractivity contribution is -0.137. The lowest BCUT2D eigenvalue weighted by Crippen LogP contribution is -2.22. The number of hydrogen-bond donors (Lipinski definition) is 2. The Kier molecular flexibility index (Phi) is 7.67. The number of hydrogen-bond acceptors (Lipinski definition) is 5. The van der Waals surface area contributed by atoms with Gasteiger partial charge in [0.05, 0.1) is 27.8 Å². The van der Waals surface area contributed by atoms with Crippen LogP contribution in [0, 0.1) is 17.5 Å². The van der Waals surface area contributed by atoms with E-state index in [0.29, 0.717) is 12.1 Å². The molecule has 0 radical (unpaired) electrons. The third-order valence-electron chi connectivity index (χ3n) is 7.06. The van der Waals surface area contributed by atoms with Crippen molar-refractivity contribution < 1.29 is 50.6 Å². The molecular weight excluding hydrogens is 598 g/mol. The second kappa shape index (κ2) is 11.1. The maximum absolute atomic E-state index is 14.7. The van der Waals surface area contributed by atoms with Crippen LogP contribution in [0.15, 0.2) is 42.6 Å². The van der Waals surface area contributed by atoms with Gasteiger partial charge < -0.3 is 24.1 Å². The molecule has 0 spiro atoms. The van der Waals surface area contributed by atoms with Crippen molar-refractivity contribution in [3.63, 3.8) is 0 Å². The number of ketones is 1. The summed E-state index contributed by atoms with van der Waals surface area (Å²) in [5.41, 5.74) is -3.53. The van der Waals surface area contributed by atoms with Crippen LogP contribution in [0.3, 0.4) is 0 Å². The first-order valence-electron chi connectivity index (χ1n) is 12.6. The molecule has 5 rings (SSSR count). The molecule has 5 aromatic rings. The molecule has 0 saturated carbocycles. The largest absolute Gasteiger partial charge is 0.465 e. The minimum Gasteiger partial charge on any atom is -0.465 e. The number of amides is 1. The highest BCUT2D eigenvalue weighted by Gasteiger charge is 2.38. The van der Waals surface area contributed by atoms with Crippen LogP contribution in [0.5, 0.6) is 0 Å². The molecule has 0 unspecified atom stereocenters. The number of nitrogens with one attached hydrogen (secondary N) is 1. The first-order chi connectivity index (χ1) is 20.8. The first-order valence-corrected chi connectivity index (χ1v) is 12.6. The van der Waals surface area contributed by atoms with Gasteiger partial charge in [-0.25, -0.2) is 22.9 Å². The van der Waals surface area contributed by atoms with Gasteiger partial charge in [0.15, 0.2) is 23.7 Å². The zero-order valence-electron chi connectivity index (χ0n) is 22.7. The SMILES string of the molecule is COCc1nc2c(CNC(=O)O)c(-c3cccn4c(C(=O)c5cc(F)c(F)c(F)c5)cc(C=O)c34)c(C(F)(F)F)cc2n1C. The number of fused-ring (bicyclic) bond motifs is 2. The van der Waals surface area contributed by atoms with Gasteiger partial charge in [-0.15, -0.1) is 0 Å². The molecule has 228 valence electrons. The van der Waals surface area contributed by atoms with Crippen molar-refractivity contribution in [2.24, 2.45) is 7.05 Å². The molecule has 44 heavy (non-hydrogen) atoms. The van der Waals surface area contributed by atoms with Crippen LogP contribution in [0.4, 0.5) is 31.1 Å². The number of aldehydes is 1. The molecule has 0 atom stereocenters. The summed E-state index contributed by atoms with van der Waals surface area (Å²) in [6.45, 7) is -0.708. The maximum Gasteiger partial charge on any atom is 0.417 e. The minimum atomic E-state index is -5.00. The number of rotatable bonds is 8. The number of methoxy groups -OCH3 is 1. The van der Waals surface area contributed by atoms with E-state index in [9.17, 15) is 45.8 Å². The summed E-state index contributed by atoms with van der Waals surface area (Å²) in [5.74, 6) is -5.92. The van der Waals surface area contributed by atoms with Crippen LogP contribution in [-0.4, -0.2) is 44.3 Å². The summed E-state index contributed by atoms with van der Waals surface area (Å²) in [6, 6.07) is 5.28. The number of nitrogens with zero attached hydrogens (tertiary/aromatic N) is 3. The van der Waals surface area contributed by atoms with Crippen molar-refractivity contribution in [1.82, 2.24) is 19.3 Å². The third-order valence-corrected chi connectivity index (χ3v) is 7.06. The molecule has 1 amide bonds. The van der Waals surface area contributed by atoms with E-state index < -0.39 is 58.7 Å². The monoisotopic (exact) mass is 618 g/mol. The van der Waals surface area contributed by atoms with Gasteiger partial charge in [-0.2, -0.15) is 13.2 Å². The molecule has 9 nitrogen and oxygen atoms in total. The van der Waals surface area contributed by atoms with Crippen LogP contribution in [-0.2, 0) is 31.1 Å². The Hall–Kier alpha value is -5.18. The van der Waals surface area contributed by atoms with E-state index in [1.165, 1.54) is 37.1 Å². The van der Waals surface area contributed by atoms with Crippen molar-refractivity contribution in [3.05, 3.63) is 93.8 Å². The van der Waals surface area contributed by atoms with Crippen molar-refractivity contribution >= 4 is 34.7 Å².